The largest absolute Gasteiger partial charge is 0.490 e. The Morgan fingerprint density at radius 1 is 1.30 bits per heavy atom. The van der Waals surface area contributed by atoms with Crippen LogP contribution >= 0.6 is 0 Å². The Morgan fingerprint density at radius 2 is 2.00 bits per heavy atom. The topological polar surface area (TPSA) is 62.3 Å². The van der Waals surface area contributed by atoms with E-state index >= 15 is 0 Å². The lowest BCUT2D eigenvalue weighted by molar-refractivity contribution is 0.215. The summed E-state index contributed by atoms with van der Waals surface area (Å²) in [6.07, 6.45) is 5.31. The predicted molar refractivity (Wildman–Crippen MR) is 81.5 cm³/mol. The van der Waals surface area contributed by atoms with Gasteiger partial charge >= 0.3 is 0 Å². The van der Waals surface area contributed by atoms with Gasteiger partial charge in [0.2, 0.25) is 5.75 Å². The third kappa shape index (κ3) is 3.72. The van der Waals surface area contributed by atoms with Crippen molar-refractivity contribution < 1.29 is 4.74 Å². The van der Waals surface area contributed by atoms with Crippen molar-refractivity contribution in [3.63, 3.8) is 0 Å². The zero-order chi connectivity index (χ0) is 14.4. The highest BCUT2D eigenvalue weighted by Gasteiger charge is 2.17. The Morgan fingerprint density at radius 3 is 2.65 bits per heavy atom. The molecule has 0 amide bonds. The number of aromatic nitrogens is 2. The highest BCUT2D eigenvalue weighted by atomic mass is 16.5. The molecule has 2 rings (SSSR count). The number of anilines is 2. The first kappa shape index (κ1) is 14.8. The van der Waals surface area contributed by atoms with Gasteiger partial charge in [0.1, 0.15) is 6.33 Å². The van der Waals surface area contributed by atoms with Crippen LogP contribution in [0.3, 0.4) is 0 Å². The maximum atomic E-state index is 5.37. The van der Waals surface area contributed by atoms with Crippen LogP contribution in [0.4, 0.5) is 11.6 Å². The van der Waals surface area contributed by atoms with Crippen molar-refractivity contribution in [2.45, 2.75) is 19.3 Å². The fourth-order valence-electron chi connectivity index (χ4n) is 2.62. The Labute approximate surface area is 120 Å². The number of hydrogen-bond acceptors (Lipinski definition) is 6. The summed E-state index contributed by atoms with van der Waals surface area (Å²) in [6, 6.07) is 0. The van der Waals surface area contributed by atoms with E-state index in [0.717, 1.165) is 18.3 Å². The molecular weight excluding hydrogens is 254 g/mol. The standard InChI is InChI=1S/C14H25N5O/c1-15-13-12(20-3)14(18-10-17-13)16-7-4-11-5-8-19(2)9-6-11/h10-11H,4-9H2,1-3H3,(H2,15,16,17,18). The van der Waals surface area contributed by atoms with Crippen molar-refractivity contribution in [1.82, 2.24) is 14.9 Å². The Kier molecular flexibility index (Phi) is 5.40. The van der Waals surface area contributed by atoms with Gasteiger partial charge in [-0.15, -0.1) is 0 Å². The monoisotopic (exact) mass is 279 g/mol. The van der Waals surface area contributed by atoms with Crippen LogP contribution in [0.1, 0.15) is 19.3 Å². The first-order valence-electron chi connectivity index (χ1n) is 7.23. The number of hydrogen-bond donors (Lipinski definition) is 2. The second-order valence-corrected chi connectivity index (χ2v) is 5.32. The van der Waals surface area contributed by atoms with Gasteiger partial charge in [0.15, 0.2) is 11.6 Å². The molecule has 6 heteroatoms. The maximum Gasteiger partial charge on any atom is 0.204 e. The second kappa shape index (κ2) is 7.28. The van der Waals surface area contributed by atoms with Gasteiger partial charge in [-0.3, -0.25) is 0 Å². The molecule has 0 spiro atoms. The van der Waals surface area contributed by atoms with E-state index in [1.165, 1.54) is 32.4 Å². The quantitative estimate of drug-likeness (QED) is 0.826. The summed E-state index contributed by atoms with van der Waals surface area (Å²) < 4.78 is 5.37. The third-order valence-electron chi connectivity index (χ3n) is 3.93. The third-order valence-corrected chi connectivity index (χ3v) is 3.93. The van der Waals surface area contributed by atoms with Crippen molar-refractivity contribution in [3.8, 4) is 5.75 Å². The molecule has 1 aromatic heterocycles. The van der Waals surface area contributed by atoms with Crippen LogP contribution in [0.2, 0.25) is 0 Å². The van der Waals surface area contributed by atoms with E-state index in [1.54, 1.807) is 13.4 Å². The van der Waals surface area contributed by atoms with Crippen molar-refractivity contribution in [1.29, 1.82) is 0 Å². The number of likely N-dealkylation sites (tertiary alicyclic amines) is 1. The van der Waals surface area contributed by atoms with Crippen molar-refractivity contribution in [2.24, 2.45) is 5.92 Å². The summed E-state index contributed by atoms with van der Waals surface area (Å²) in [4.78, 5) is 10.8. The fraction of sp³-hybridized carbons (Fsp3) is 0.714. The highest BCUT2D eigenvalue weighted by molar-refractivity contribution is 5.63. The Hall–Kier alpha value is -1.56. The molecule has 6 nitrogen and oxygen atoms in total. The molecule has 0 aliphatic carbocycles. The number of nitrogens with one attached hydrogen (secondary N) is 2. The minimum absolute atomic E-state index is 0.679. The number of ether oxygens (including phenoxy) is 1. The SMILES string of the molecule is CNc1ncnc(NCCC2CCN(C)CC2)c1OC. The fourth-order valence-corrected chi connectivity index (χ4v) is 2.62. The van der Waals surface area contributed by atoms with Gasteiger partial charge in [0.05, 0.1) is 7.11 Å². The molecule has 20 heavy (non-hydrogen) atoms. The maximum absolute atomic E-state index is 5.37. The molecule has 0 unspecified atom stereocenters. The lowest BCUT2D eigenvalue weighted by atomic mass is 9.94. The number of rotatable bonds is 6. The minimum Gasteiger partial charge on any atom is -0.490 e. The van der Waals surface area contributed by atoms with Gasteiger partial charge in [-0.1, -0.05) is 0 Å². The van der Waals surface area contributed by atoms with Gasteiger partial charge in [-0.2, -0.15) is 0 Å². The summed E-state index contributed by atoms with van der Waals surface area (Å²) in [7, 11) is 5.66. The first-order chi connectivity index (χ1) is 9.74. The molecule has 2 heterocycles. The van der Waals surface area contributed by atoms with E-state index in [9.17, 15) is 0 Å². The van der Waals surface area contributed by atoms with Gasteiger partial charge < -0.3 is 20.3 Å². The number of methoxy groups -OCH3 is 1. The van der Waals surface area contributed by atoms with E-state index < -0.39 is 0 Å². The van der Waals surface area contributed by atoms with Gasteiger partial charge in [0, 0.05) is 13.6 Å². The summed E-state index contributed by atoms with van der Waals surface area (Å²) in [5.41, 5.74) is 0. The molecule has 112 valence electrons. The molecule has 0 bridgehead atoms. The number of nitrogens with zero attached hydrogens (tertiary/aromatic N) is 3. The van der Waals surface area contributed by atoms with E-state index in [0.29, 0.717) is 11.6 Å². The normalized spacial score (nSPS) is 16.9. The smallest absolute Gasteiger partial charge is 0.204 e. The van der Waals surface area contributed by atoms with Crippen molar-refractivity contribution in [3.05, 3.63) is 6.33 Å². The van der Waals surface area contributed by atoms with Crippen LogP contribution in [-0.2, 0) is 0 Å². The van der Waals surface area contributed by atoms with Crippen molar-refractivity contribution in [2.75, 3.05) is 51.5 Å². The number of piperidine rings is 1. The van der Waals surface area contributed by atoms with Crippen LogP contribution < -0.4 is 15.4 Å². The highest BCUT2D eigenvalue weighted by Crippen LogP contribution is 2.28. The van der Waals surface area contributed by atoms with Crippen LogP contribution in [-0.4, -0.2) is 55.7 Å². The van der Waals surface area contributed by atoms with Crippen LogP contribution in [0.5, 0.6) is 5.75 Å². The van der Waals surface area contributed by atoms with Gasteiger partial charge in [-0.05, 0) is 45.3 Å². The van der Waals surface area contributed by atoms with E-state index in [-0.39, 0.29) is 0 Å². The zero-order valence-electron chi connectivity index (χ0n) is 12.6. The van der Waals surface area contributed by atoms with Gasteiger partial charge in [0.25, 0.3) is 0 Å². The van der Waals surface area contributed by atoms with Crippen LogP contribution in [0, 0.1) is 5.92 Å². The minimum atomic E-state index is 0.679. The molecule has 1 aromatic rings. The molecule has 0 radical (unpaired) electrons. The zero-order valence-corrected chi connectivity index (χ0v) is 12.6. The Bertz CT molecular complexity index is 418. The van der Waals surface area contributed by atoms with Crippen molar-refractivity contribution >= 4 is 11.6 Å². The Balaban J connectivity index is 1.85. The molecule has 0 saturated carbocycles. The predicted octanol–water partition coefficient (Wildman–Crippen LogP) is 1.67. The lowest BCUT2D eigenvalue weighted by Gasteiger charge is -2.29. The first-order valence-corrected chi connectivity index (χ1v) is 7.23. The molecule has 0 aromatic carbocycles. The van der Waals surface area contributed by atoms with E-state index in [1.807, 2.05) is 7.05 Å². The molecule has 2 N–H and O–H groups in total. The van der Waals surface area contributed by atoms with Crippen LogP contribution in [0.25, 0.3) is 0 Å². The molecule has 1 saturated heterocycles. The van der Waals surface area contributed by atoms with E-state index in [4.69, 9.17) is 4.74 Å². The summed E-state index contributed by atoms with van der Waals surface area (Å²) in [5, 5.41) is 6.38. The average molecular weight is 279 g/mol. The molecule has 1 fully saturated rings. The summed E-state index contributed by atoms with van der Waals surface area (Å²) in [6.45, 7) is 3.35. The molecule has 1 aliphatic heterocycles. The van der Waals surface area contributed by atoms with Gasteiger partial charge in [-0.25, -0.2) is 9.97 Å². The molecule has 0 atom stereocenters. The van der Waals surface area contributed by atoms with E-state index in [2.05, 4.69) is 32.5 Å². The summed E-state index contributed by atoms with van der Waals surface area (Å²) >= 11 is 0. The average Bonchev–Trinajstić information content (AvgIpc) is 2.49. The summed E-state index contributed by atoms with van der Waals surface area (Å²) in [5.74, 6) is 2.97. The second-order valence-electron chi connectivity index (χ2n) is 5.32. The van der Waals surface area contributed by atoms with Crippen LogP contribution in [0.15, 0.2) is 6.33 Å². The lowest BCUT2D eigenvalue weighted by Crippen LogP contribution is -2.30. The molecule has 1 aliphatic rings. The molecular formula is C14H25N5O.